The molecule has 6 rings (SSSR count). The molecule has 0 saturated heterocycles. The Labute approximate surface area is 269 Å². The zero-order valence-corrected chi connectivity index (χ0v) is 25.9. The normalized spacial score (nSPS) is 15.8. The number of Topliss-reactive ketones (excluding diaryl/α,β-unsaturated/α-hetero) is 1. The van der Waals surface area contributed by atoms with E-state index in [9.17, 15) is 27.2 Å². The van der Waals surface area contributed by atoms with Crippen LogP contribution in [0.3, 0.4) is 0 Å². The number of hydrogen-bond acceptors (Lipinski definition) is 8. The van der Waals surface area contributed by atoms with Crippen LogP contribution >= 0.6 is 0 Å². The van der Waals surface area contributed by atoms with E-state index >= 15 is 0 Å². The predicted octanol–water partition coefficient (Wildman–Crippen LogP) is 6.16. The van der Waals surface area contributed by atoms with Gasteiger partial charge in [0.2, 0.25) is 0 Å². The number of ether oxygens (including phenoxy) is 1. The van der Waals surface area contributed by atoms with Gasteiger partial charge in [-0.15, -0.1) is 0 Å². The molecular formula is C35H35F4N5O3. The monoisotopic (exact) mass is 649 g/mol. The third kappa shape index (κ3) is 7.87. The second-order valence-electron chi connectivity index (χ2n) is 12.1. The summed E-state index contributed by atoms with van der Waals surface area (Å²) in [6, 6.07) is 7.29. The first-order valence-corrected chi connectivity index (χ1v) is 15.5. The summed E-state index contributed by atoms with van der Waals surface area (Å²) in [6.45, 7) is 1.93. The quantitative estimate of drug-likeness (QED) is 0.123. The largest absolute Gasteiger partial charge is 0.462 e. The standard InChI is InChI=1S/C18H18F2N2O2.C17H17F2N3O/c1-2-24-17(23)12-10-21-16(22-11-12)9-18(4-3-5-18)13-6-14(19)8-15(20)7-13;18-13-4-12(5-14(19)6-13)17(2-1-3-17)7-16-21-9-11(10-22-16)15(23)8-20/h6-8,10-11H,2-5,9H2,1H3;4-6,9-10H,1-3,7-8,20H2. The minimum absolute atomic E-state index is 0.0881. The molecule has 12 heteroatoms. The third-order valence-electron chi connectivity index (χ3n) is 8.99. The van der Waals surface area contributed by atoms with Crippen molar-refractivity contribution >= 4 is 11.8 Å². The Balaban J connectivity index is 0.000000185. The summed E-state index contributed by atoms with van der Waals surface area (Å²) in [5, 5.41) is 0. The average Bonchev–Trinajstić information content (AvgIpc) is 3.00. The Hall–Kier alpha value is -4.58. The predicted molar refractivity (Wildman–Crippen MR) is 165 cm³/mol. The summed E-state index contributed by atoms with van der Waals surface area (Å²) in [6.07, 6.45) is 12.1. The molecule has 2 fully saturated rings. The van der Waals surface area contributed by atoms with Crippen molar-refractivity contribution in [1.29, 1.82) is 0 Å². The van der Waals surface area contributed by atoms with Crippen molar-refractivity contribution in [1.82, 2.24) is 19.9 Å². The first-order chi connectivity index (χ1) is 22.5. The molecule has 2 N–H and O–H groups in total. The van der Waals surface area contributed by atoms with Crippen LogP contribution in [0.1, 0.15) is 88.9 Å². The highest BCUT2D eigenvalue weighted by Gasteiger charge is 2.41. The molecule has 2 saturated carbocycles. The Morgan fingerprint density at radius 3 is 1.38 bits per heavy atom. The van der Waals surface area contributed by atoms with Gasteiger partial charge in [-0.3, -0.25) is 4.79 Å². The molecule has 0 unspecified atom stereocenters. The molecule has 0 spiro atoms. The molecule has 4 aromatic rings. The molecule has 47 heavy (non-hydrogen) atoms. The zero-order valence-electron chi connectivity index (χ0n) is 25.9. The summed E-state index contributed by atoms with van der Waals surface area (Å²) >= 11 is 0. The van der Waals surface area contributed by atoms with Crippen molar-refractivity contribution in [3.05, 3.63) is 118 Å². The number of aromatic nitrogens is 4. The lowest BCUT2D eigenvalue weighted by Gasteiger charge is -2.42. The molecule has 0 atom stereocenters. The molecule has 0 aliphatic heterocycles. The van der Waals surface area contributed by atoms with Gasteiger partial charge in [0.05, 0.1) is 24.3 Å². The van der Waals surface area contributed by atoms with Crippen LogP contribution in [0.4, 0.5) is 17.6 Å². The van der Waals surface area contributed by atoms with E-state index in [0.29, 0.717) is 46.7 Å². The maximum Gasteiger partial charge on any atom is 0.341 e. The van der Waals surface area contributed by atoms with E-state index in [-0.39, 0.29) is 29.8 Å². The van der Waals surface area contributed by atoms with Gasteiger partial charge in [0.1, 0.15) is 34.9 Å². The lowest BCUT2D eigenvalue weighted by atomic mass is 9.62. The highest BCUT2D eigenvalue weighted by molar-refractivity contribution is 5.96. The molecular weight excluding hydrogens is 614 g/mol. The van der Waals surface area contributed by atoms with Crippen LogP contribution in [-0.4, -0.2) is 44.8 Å². The van der Waals surface area contributed by atoms with Crippen LogP contribution in [0.5, 0.6) is 0 Å². The topological polar surface area (TPSA) is 121 Å². The molecule has 2 heterocycles. The molecule has 2 aromatic carbocycles. The fourth-order valence-electron chi connectivity index (χ4n) is 6.14. The van der Waals surface area contributed by atoms with Gasteiger partial charge < -0.3 is 10.5 Å². The number of hydrogen-bond donors (Lipinski definition) is 1. The van der Waals surface area contributed by atoms with Gasteiger partial charge in [-0.25, -0.2) is 42.3 Å². The average molecular weight is 650 g/mol. The Morgan fingerprint density at radius 1 is 0.681 bits per heavy atom. The van der Waals surface area contributed by atoms with Crippen molar-refractivity contribution in [2.24, 2.45) is 5.73 Å². The molecule has 2 aromatic heterocycles. The molecule has 0 radical (unpaired) electrons. The Kier molecular flexibility index (Phi) is 10.4. The van der Waals surface area contributed by atoms with Gasteiger partial charge in [0.15, 0.2) is 5.78 Å². The number of rotatable bonds is 10. The van der Waals surface area contributed by atoms with Gasteiger partial charge in [0.25, 0.3) is 0 Å². The maximum absolute atomic E-state index is 13.5. The summed E-state index contributed by atoms with van der Waals surface area (Å²) in [5.41, 5.74) is 6.58. The fourth-order valence-corrected chi connectivity index (χ4v) is 6.14. The van der Waals surface area contributed by atoms with E-state index in [0.717, 1.165) is 50.7 Å². The van der Waals surface area contributed by atoms with E-state index in [4.69, 9.17) is 10.5 Å². The number of halogens is 4. The summed E-state index contributed by atoms with van der Waals surface area (Å²) in [5.74, 6) is -1.87. The van der Waals surface area contributed by atoms with E-state index in [1.165, 1.54) is 49.1 Å². The number of carbonyl (C=O) groups excluding carboxylic acids is 2. The number of esters is 1. The van der Waals surface area contributed by atoms with Crippen LogP contribution in [0.25, 0.3) is 0 Å². The highest BCUT2D eigenvalue weighted by atomic mass is 19.1. The van der Waals surface area contributed by atoms with Crippen molar-refractivity contribution in [2.45, 2.75) is 69.1 Å². The molecule has 2 aliphatic carbocycles. The van der Waals surface area contributed by atoms with Crippen LogP contribution in [0, 0.1) is 23.3 Å². The third-order valence-corrected chi connectivity index (χ3v) is 8.99. The summed E-state index contributed by atoms with van der Waals surface area (Å²) in [7, 11) is 0. The van der Waals surface area contributed by atoms with Gasteiger partial charge in [0, 0.05) is 60.6 Å². The van der Waals surface area contributed by atoms with Gasteiger partial charge in [-0.2, -0.15) is 0 Å². The van der Waals surface area contributed by atoms with Crippen LogP contribution in [0.2, 0.25) is 0 Å². The molecule has 2 aliphatic rings. The molecule has 0 amide bonds. The van der Waals surface area contributed by atoms with Crippen LogP contribution < -0.4 is 5.73 Å². The zero-order chi connectivity index (χ0) is 33.6. The van der Waals surface area contributed by atoms with Gasteiger partial charge in [-0.1, -0.05) is 12.8 Å². The molecule has 8 nitrogen and oxygen atoms in total. The van der Waals surface area contributed by atoms with Crippen molar-refractivity contribution in [3.63, 3.8) is 0 Å². The van der Waals surface area contributed by atoms with Crippen molar-refractivity contribution in [3.8, 4) is 0 Å². The Bertz CT molecular complexity index is 1690. The maximum atomic E-state index is 13.5. The molecule has 246 valence electrons. The summed E-state index contributed by atoms with van der Waals surface area (Å²) < 4.78 is 59.0. The highest BCUT2D eigenvalue weighted by Crippen LogP contribution is 2.47. The van der Waals surface area contributed by atoms with E-state index in [2.05, 4.69) is 19.9 Å². The van der Waals surface area contributed by atoms with Crippen LogP contribution in [-0.2, 0) is 28.4 Å². The minimum atomic E-state index is -0.574. The van der Waals surface area contributed by atoms with Crippen molar-refractivity contribution < 1.29 is 31.9 Å². The Morgan fingerprint density at radius 2 is 1.06 bits per heavy atom. The number of nitrogens with two attached hydrogens (primary N) is 1. The van der Waals surface area contributed by atoms with Crippen molar-refractivity contribution in [2.75, 3.05) is 13.2 Å². The smallest absolute Gasteiger partial charge is 0.341 e. The van der Waals surface area contributed by atoms with Crippen LogP contribution in [0.15, 0.2) is 61.2 Å². The second-order valence-corrected chi connectivity index (χ2v) is 12.1. The van der Waals surface area contributed by atoms with E-state index < -0.39 is 29.2 Å². The van der Waals surface area contributed by atoms with E-state index in [1.54, 1.807) is 6.92 Å². The number of nitrogens with zero attached hydrogens (tertiary/aromatic N) is 4. The minimum Gasteiger partial charge on any atom is -0.462 e. The fraction of sp³-hybridized carbons (Fsp3) is 0.371. The van der Waals surface area contributed by atoms with Gasteiger partial charge >= 0.3 is 5.97 Å². The number of carbonyl (C=O) groups is 2. The number of benzene rings is 2. The van der Waals surface area contributed by atoms with E-state index in [1.807, 2.05) is 0 Å². The number of ketones is 1. The first-order valence-electron chi connectivity index (χ1n) is 15.5. The summed E-state index contributed by atoms with van der Waals surface area (Å²) in [4.78, 5) is 40.0. The lowest BCUT2D eigenvalue weighted by Crippen LogP contribution is -2.37. The SMILES string of the molecule is CCOC(=O)c1cnc(CC2(c3cc(F)cc(F)c3)CCC2)nc1.NCC(=O)c1cnc(CC2(c3cc(F)cc(F)c3)CCC2)nc1. The second kappa shape index (κ2) is 14.5. The van der Waals surface area contributed by atoms with Gasteiger partial charge in [-0.05, 0) is 68.0 Å². The first kappa shape index (κ1) is 33.8. The molecule has 0 bridgehead atoms. The lowest BCUT2D eigenvalue weighted by molar-refractivity contribution is 0.0525.